The average molecular weight is 335 g/mol. The standard InChI is InChI=1S/C18H29N3O3/c1-5-19-18(21-13-11-17(22)24-14(2)3)20-12-10-15-8-6-7-9-16(15)23-4/h6-9,14H,5,10-13H2,1-4H3,(H2,19,20,21). The van der Waals surface area contributed by atoms with E-state index in [1.807, 2.05) is 45.0 Å². The van der Waals surface area contributed by atoms with Crippen LogP contribution in [0.2, 0.25) is 0 Å². The Morgan fingerprint density at radius 1 is 1.25 bits per heavy atom. The number of methoxy groups -OCH3 is 1. The lowest BCUT2D eigenvalue weighted by Crippen LogP contribution is -2.38. The summed E-state index contributed by atoms with van der Waals surface area (Å²) in [4.78, 5) is 15.9. The molecule has 6 nitrogen and oxygen atoms in total. The van der Waals surface area contributed by atoms with Crippen molar-refractivity contribution in [3.05, 3.63) is 29.8 Å². The lowest BCUT2D eigenvalue weighted by atomic mass is 10.1. The molecule has 24 heavy (non-hydrogen) atoms. The van der Waals surface area contributed by atoms with Crippen molar-refractivity contribution >= 4 is 11.9 Å². The van der Waals surface area contributed by atoms with E-state index in [0.717, 1.165) is 30.8 Å². The Bertz CT molecular complexity index is 530. The second-order valence-electron chi connectivity index (χ2n) is 5.54. The number of benzene rings is 1. The van der Waals surface area contributed by atoms with Gasteiger partial charge in [-0.05, 0) is 38.8 Å². The molecular formula is C18H29N3O3. The third-order valence-electron chi connectivity index (χ3n) is 3.18. The summed E-state index contributed by atoms with van der Waals surface area (Å²) in [5, 5.41) is 6.43. The third-order valence-corrected chi connectivity index (χ3v) is 3.18. The fourth-order valence-electron chi connectivity index (χ4n) is 2.15. The summed E-state index contributed by atoms with van der Waals surface area (Å²) in [5.74, 6) is 1.36. The Labute approximate surface area is 144 Å². The van der Waals surface area contributed by atoms with Crippen LogP contribution in [0.15, 0.2) is 29.3 Å². The minimum atomic E-state index is -0.223. The van der Waals surface area contributed by atoms with Crippen LogP contribution in [-0.2, 0) is 16.0 Å². The maximum atomic E-state index is 11.5. The zero-order valence-electron chi connectivity index (χ0n) is 15.1. The Hall–Kier alpha value is -2.24. The Kier molecular flexibility index (Phi) is 9.34. The molecule has 6 heteroatoms. The number of ether oxygens (including phenoxy) is 2. The molecule has 1 rings (SSSR count). The van der Waals surface area contributed by atoms with Gasteiger partial charge in [-0.3, -0.25) is 9.79 Å². The molecule has 0 amide bonds. The molecule has 1 aromatic carbocycles. The van der Waals surface area contributed by atoms with Gasteiger partial charge in [-0.1, -0.05) is 18.2 Å². The van der Waals surface area contributed by atoms with Gasteiger partial charge < -0.3 is 20.1 Å². The Morgan fingerprint density at radius 2 is 2.00 bits per heavy atom. The molecule has 0 spiro atoms. The van der Waals surface area contributed by atoms with Crippen molar-refractivity contribution in [1.29, 1.82) is 0 Å². The number of hydrogen-bond donors (Lipinski definition) is 2. The van der Waals surface area contributed by atoms with Gasteiger partial charge >= 0.3 is 5.97 Å². The lowest BCUT2D eigenvalue weighted by molar-refractivity contribution is -0.147. The van der Waals surface area contributed by atoms with Gasteiger partial charge in [-0.2, -0.15) is 0 Å². The van der Waals surface area contributed by atoms with Gasteiger partial charge in [0.1, 0.15) is 5.75 Å². The van der Waals surface area contributed by atoms with E-state index < -0.39 is 0 Å². The van der Waals surface area contributed by atoms with Crippen LogP contribution in [0.25, 0.3) is 0 Å². The molecule has 1 aromatic rings. The quantitative estimate of drug-likeness (QED) is 0.411. The second kappa shape index (κ2) is 11.3. The van der Waals surface area contributed by atoms with E-state index in [-0.39, 0.29) is 18.5 Å². The smallest absolute Gasteiger partial charge is 0.307 e. The van der Waals surface area contributed by atoms with Crippen LogP contribution in [-0.4, -0.2) is 44.8 Å². The number of carbonyl (C=O) groups excluding carboxylic acids is 1. The van der Waals surface area contributed by atoms with Crippen molar-refractivity contribution in [2.24, 2.45) is 4.99 Å². The zero-order chi connectivity index (χ0) is 17.8. The number of rotatable bonds is 9. The topological polar surface area (TPSA) is 72.0 Å². The second-order valence-corrected chi connectivity index (χ2v) is 5.54. The lowest BCUT2D eigenvalue weighted by Gasteiger charge is -2.13. The van der Waals surface area contributed by atoms with Gasteiger partial charge in [0.05, 0.1) is 26.2 Å². The van der Waals surface area contributed by atoms with E-state index in [4.69, 9.17) is 9.47 Å². The highest BCUT2D eigenvalue weighted by Gasteiger charge is 2.06. The minimum absolute atomic E-state index is 0.0892. The molecule has 0 aromatic heterocycles. The molecule has 0 atom stereocenters. The van der Waals surface area contributed by atoms with Crippen LogP contribution < -0.4 is 15.4 Å². The summed E-state index contributed by atoms with van der Waals surface area (Å²) in [7, 11) is 1.67. The van der Waals surface area contributed by atoms with Crippen LogP contribution in [0, 0.1) is 0 Å². The van der Waals surface area contributed by atoms with Crippen LogP contribution in [0.3, 0.4) is 0 Å². The first kappa shape index (κ1) is 19.8. The number of aliphatic imine (C=N–C) groups is 1. The third kappa shape index (κ3) is 7.85. The van der Waals surface area contributed by atoms with Gasteiger partial charge in [0, 0.05) is 13.1 Å². The van der Waals surface area contributed by atoms with Gasteiger partial charge in [0.25, 0.3) is 0 Å². The molecule has 0 aliphatic carbocycles. The maximum Gasteiger partial charge on any atom is 0.307 e. The van der Waals surface area contributed by atoms with E-state index in [9.17, 15) is 4.79 Å². The summed E-state index contributed by atoms with van der Waals surface area (Å²) < 4.78 is 10.4. The maximum absolute atomic E-state index is 11.5. The fourth-order valence-corrected chi connectivity index (χ4v) is 2.15. The minimum Gasteiger partial charge on any atom is -0.496 e. The van der Waals surface area contributed by atoms with Crippen LogP contribution in [0.4, 0.5) is 0 Å². The first-order valence-electron chi connectivity index (χ1n) is 8.40. The van der Waals surface area contributed by atoms with E-state index >= 15 is 0 Å². The molecule has 0 fully saturated rings. The summed E-state index contributed by atoms with van der Waals surface area (Å²) in [6, 6.07) is 7.95. The van der Waals surface area contributed by atoms with E-state index in [1.165, 1.54) is 0 Å². The van der Waals surface area contributed by atoms with Gasteiger partial charge in [0.15, 0.2) is 5.96 Å². The van der Waals surface area contributed by atoms with Crippen LogP contribution >= 0.6 is 0 Å². The molecule has 0 bridgehead atoms. The van der Waals surface area contributed by atoms with E-state index in [1.54, 1.807) is 7.11 Å². The van der Waals surface area contributed by atoms with Crippen molar-refractivity contribution in [3.8, 4) is 5.75 Å². The summed E-state index contributed by atoms with van der Waals surface area (Å²) >= 11 is 0. The molecule has 0 unspecified atom stereocenters. The summed E-state index contributed by atoms with van der Waals surface area (Å²) in [5.41, 5.74) is 1.14. The van der Waals surface area contributed by atoms with E-state index in [0.29, 0.717) is 12.5 Å². The molecule has 134 valence electrons. The number of esters is 1. The van der Waals surface area contributed by atoms with Gasteiger partial charge in [0.2, 0.25) is 0 Å². The molecule has 0 heterocycles. The molecule has 2 N–H and O–H groups in total. The highest BCUT2D eigenvalue weighted by molar-refractivity contribution is 5.80. The first-order valence-corrected chi connectivity index (χ1v) is 8.40. The van der Waals surface area contributed by atoms with Crippen molar-refractivity contribution in [2.45, 2.75) is 39.7 Å². The SMILES string of the molecule is CCNC(=NCCC(=O)OC(C)C)NCCc1ccccc1OC. The fraction of sp³-hybridized carbons (Fsp3) is 0.556. The first-order chi connectivity index (χ1) is 11.6. The van der Waals surface area contributed by atoms with Gasteiger partial charge in [-0.15, -0.1) is 0 Å². The predicted molar refractivity (Wildman–Crippen MR) is 96.5 cm³/mol. The van der Waals surface area contributed by atoms with Crippen LogP contribution in [0.5, 0.6) is 5.75 Å². The summed E-state index contributed by atoms with van der Waals surface area (Å²) in [6.45, 7) is 7.56. The van der Waals surface area contributed by atoms with Crippen molar-refractivity contribution in [1.82, 2.24) is 10.6 Å². The highest BCUT2D eigenvalue weighted by atomic mass is 16.5. The Balaban J connectivity index is 2.44. The normalized spacial score (nSPS) is 11.3. The predicted octanol–water partition coefficient (Wildman–Crippen LogP) is 2.13. The molecule has 0 radical (unpaired) electrons. The molecule has 0 aliphatic heterocycles. The van der Waals surface area contributed by atoms with Crippen molar-refractivity contribution in [2.75, 3.05) is 26.7 Å². The van der Waals surface area contributed by atoms with Gasteiger partial charge in [-0.25, -0.2) is 0 Å². The number of hydrogen-bond acceptors (Lipinski definition) is 4. The molecule has 0 saturated heterocycles. The number of guanidine groups is 1. The van der Waals surface area contributed by atoms with Crippen LogP contribution in [0.1, 0.15) is 32.8 Å². The summed E-state index contributed by atoms with van der Waals surface area (Å²) in [6.07, 6.45) is 1.01. The van der Waals surface area contributed by atoms with E-state index in [2.05, 4.69) is 15.6 Å². The monoisotopic (exact) mass is 335 g/mol. The number of nitrogens with zero attached hydrogens (tertiary/aromatic N) is 1. The molecule has 0 saturated carbocycles. The largest absolute Gasteiger partial charge is 0.496 e. The number of para-hydroxylation sites is 1. The average Bonchev–Trinajstić information content (AvgIpc) is 2.54. The Morgan fingerprint density at radius 3 is 2.67 bits per heavy atom. The van der Waals surface area contributed by atoms with Crippen molar-refractivity contribution < 1.29 is 14.3 Å². The zero-order valence-corrected chi connectivity index (χ0v) is 15.1. The van der Waals surface area contributed by atoms with Crippen molar-refractivity contribution in [3.63, 3.8) is 0 Å². The number of nitrogens with one attached hydrogen (secondary N) is 2. The highest BCUT2D eigenvalue weighted by Crippen LogP contribution is 2.17. The molecular weight excluding hydrogens is 306 g/mol. The number of carbonyl (C=O) groups is 1. The molecule has 0 aliphatic rings.